The van der Waals surface area contributed by atoms with Gasteiger partial charge < -0.3 is 14.9 Å². The van der Waals surface area contributed by atoms with Gasteiger partial charge in [0.2, 0.25) is 0 Å². The minimum Gasteiger partial charge on any atom is -0.458 e. The van der Waals surface area contributed by atoms with Gasteiger partial charge in [-0.3, -0.25) is 4.79 Å². The highest BCUT2D eigenvalue weighted by atomic mass is 16.6. The van der Waals surface area contributed by atoms with Gasteiger partial charge in [0.1, 0.15) is 6.10 Å². The van der Waals surface area contributed by atoms with Crippen LogP contribution in [0.4, 0.5) is 0 Å². The molecular formula is C15H22O4. The minimum atomic E-state index is -0.722. The van der Waals surface area contributed by atoms with E-state index in [0.29, 0.717) is 6.42 Å². The van der Waals surface area contributed by atoms with Crippen LogP contribution in [-0.4, -0.2) is 34.5 Å². The first-order valence-corrected chi connectivity index (χ1v) is 6.82. The molecule has 2 N–H and O–H groups in total. The number of carbonyl (C=O) groups excluding carboxylic acids is 1. The van der Waals surface area contributed by atoms with Crippen LogP contribution in [-0.2, 0) is 9.53 Å². The number of hydrogen-bond acceptors (Lipinski definition) is 4. The maximum atomic E-state index is 11.7. The molecule has 0 aromatic heterocycles. The van der Waals surface area contributed by atoms with Crippen molar-refractivity contribution in [3.63, 3.8) is 0 Å². The number of esters is 1. The van der Waals surface area contributed by atoms with Gasteiger partial charge in [0, 0.05) is 12.3 Å². The topological polar surface area (TPSA) is 66.8 Å². The molecule has 0 bridgehead atoms. The summed E-state index contributed by atoms with van der Waals surface area (Å²) in [4.78, 5) is 11.7. The summed E-state index contributed by atoms with van der Waals surface area (Å²) in [6, 6.07) is 0. The van der Waals surface area contributed by atoms with Crippen molar-refractivity contribution in [3.05, 3.63) is 23.8 Å². The van der Waals surface area contributed by atoms with Crippen molar-refractivity contribution in [3.8, 4) is 0 Å². The van der Waals surface area contributed by atoms with E-state index in [1.807, 2.05) is 13.0 Å². The van der Waals surface area contributed by atoms with Crippen LogP contribution in [0.1, 0.15) is 33.1 Å². The number of aliphatic hydroxyl groups is 2. The molecule has 1 fully saturated rings. The van der Waals surface area contributed by atoms with E-state index in [9.17, 15) is 15.0 Å². The van der Waals surface area contributed by atoms with Crippen molar-refractivity contribution in [2.75, 3.05) is 0 Å². The molecule has 0 spiro atoms. The van der Waals surface area contributed by atoms with E-state index >= 15 is 0 Å². The fraction of sp³-hybridized carbons (Fsp3) is 0.667. The standard InChI is InChI=1S/C15H22O4/c1-8-4-5-11-10(3)15(18)19-14(11)6-9(2)13(17)7-12(8)16/h6,10-14,16-17H,1,4-5,7H2,2-3H3/b9-6+/t10-,11-,12-,13-,14+/m0/s1. The molecule has 1 saturated heterocycles. The molecule has 0 saturated carbocycles. The first kappa shape index (κ1) is 14.3. The Balaban J connectivity index is 2.27. The Labute approximate surface area is 113 Å². The third-order valence-corrected chi connectivity index (χ3v) is 4.36. The lowest BCUT2D eigenvalue weighted by atomic mass is 9.83. The molecule has 0 unspecified atom stereocenters. The Morgan fingerprint density at radius 1 is 1.37 bits per heavy atom. The van der Waals surface area contributed by atoms with Gasteiger partial charge in [-0.25, -0.2) is 0 Å². The third kappa shape index (κ3) is 2.90. The van der Waals surface area contributed by atoms with Crippen LogP contribution in [0.15, 0.2) is 23.8 Å². The summed E-state index contributed by atoms with van der Waals surface area (Å²) >= 11 is 0. The molecule has 2 rings (SSSR count). The summed E-state index contributed by atoms with van der Waals surface area (Å²) in [6.45, 7) is 7.55. The first-order chi connectivity index (χ1) is 8.90. The van der Waals surface area contributed by atoms with Gasteiger partial charge in [-0.05, 0) is 37.0 Å². The number of carbonyl (C=O) groups is 1. The van der Waals surface area contributed by atoms with Crippen LogP contribution >= 0.6 is 0 Å². The quantitative estimate of drug-likeness (QED) is 0.516. The van der Waals surface area contributed by atoms with Crippen LogP contribution in [0.3, 0.4) is 0 Å². The molecule has 4 nitrogen and oxygen atoms in total. The molecule has 5 atom stereocenters. The maximum absolute atomic E-state index is 11.7. The Bertz CT molecular complexity index is 412. The monoisotopic (exact) mass is 266 g/mol. The number of hydrogen-bond donors (Lipinski definition) is 2. The molecule has 0 amide bonds. The largest absolute Gasteiger partial charge is 0.458 e. The van der Waals surface area contributed by atoms with Gasteiger partial charge in [-0.1, -0.05) is 13.5 Å². The van der Waals surface area contributed by atoms with E-state index in [1.54, 1.807) is 6.92 Å². The summed E-state index contributed by atoms with van der Waals surface area (Å²) in [6.07, 6.45) is 1.83. The number of ether oxygens (including phenoxy) is 1. The number of aliphatic hydroxyl groups excluding tert-OH is 2. The predicted octanol–water partition coefficient (Wildman–Crippen LogP) is 1.57. The molecule has 1 heterocycles. The predicted molar refractivity (Wildman–Crippen MR) is 71.3 cm³/mol. The summed E-state index contributed by atoms with van der Waals surface area (Å²) in [5.41, 5.74) is 1.46. The van der Waals surface area contributed by atoms with E-state index in [-0.39, 0.29) is 30.3 Å². The zero-order valence-electron chi connectivity index (χ0n) is 11.5. The van der Waals surface area contributed by atoms with Crippen molar-refractivity contribution in [2.24, 2.45) is 11.8 Å². The lowest BCUT2D eigenvalue weighted by molar-refractivity contribution is -0.142. The van der Waals surface area contributed by atoms with Crippen LogP contribution < -0.4 is 0 Å². The van der Waals surface area contributed by atoms with E-state index in [2.05, 4.69) is 6.58 Å². The molecule has 1 aliphatic heterocycles. The number of fused-ring (bicyclic) bond motifs is 1. The van der Waals surface area contributed by atoms with Crippen LogP contribution in [0.25, 0.3) is 0 Å². The van der Waals surface area contributed by atoms with Crippen molar-refractivity contribution in [1.82, 2.24) is 0 Å². The molecule has 2 aliphatic rings. The molecule has 0 radical (unpaired) electrons. The zero-order chi connectivity index (χ0) is 14.2. The molecule has 0 aromatic carbocycles. The van der Waals surface area contributed by atoms with Crippen molar-refractivity contribution in [1.29, 1.82) is 0 Å². The Morgan fingerprint density at radius 2 is 2.05 bits per heavy atom. The fourth-order valence-corrected chi connectivity index (χ4v) is 2.81. The molecular weight excluding hydrogens is 244 g/mol. The van der Waals surface area contributed by atoms with Crippen LogP contribution in [0, 0.1) is 11.8 Å². The van der Waals surface area contributed by atoms with E-state index in [4.69, 9.17) is 4.74 Å². The molecule has 19 heavy (non-hydrogen) atoms. The molecule has 106 valence electrons. The zero-order valence-corrected chi connectivity index (χ0v) is 11.5. The average Bonchev–Trinajstić information content (AvgIpc) is 2.61. The fourth-order valence-electron chi connectivity index (χ4n) is 2.81. The summed E-state index contributed by atoms with van der Waals surface area (Å²) in [7, 11) is 0. The second-order valence-electron chi connectivity index (χ2n) is 5.73. The SMILES string of the molecule is C=C1CC[C@H]2[C@H](C)C(=O)O[C@@H]2/C=C(\C)[C@@H](O)C[C@@H]1O. The molecule has 1 aliphatic carbocycles. The van der Waals surface area contributed by atoms with Gasteiger partial charge in [0.05, 0.1) is 18.1 Å². The highest BCUT2D eigenvalue weighted by Gasteiger charge is 2.41. The summed E-state index contributed by atoms with van der Waals surface area (Å²) in [5.74, 6) is -0.230. The Kier molecular flexibility index (Phi) is 4.11. The second kappa shape index (κ2) is 5.47. The van der Waals surface area contributed by atoms with E-state index in [0.717, 1.165) is 17.6 Å². The van der Waals surface area contributed by atoms with Crippen LogP contribution in [0.5, 0.6) is 0 Å². The second-order valence-corrected chi connectivity index (χ2v) is 5.73. The normalized spacial score (nSPS) is 43.2. The van der Waals surface area contributed by atoms with Gasteiger partial charge >= 0.3 is 5.97 Å². The van der Waals surface area contributed by atoms with Crippen LogP contribution in [0.2, 0.25) is 0 Å². The summed E-state index contributed by atoms with van der Waals surface area (Å²) < 4.78 is 5.37. The van der Waals surface area contributed by atoms with Gasteiger partial charge in [0.25, 0.3) is 0 Å². The van der Waals surface area contributed by atoms with Gasteiger partial charge in [0.15, 0.2) is 0 Å². The Hall–Kier alpha value is -1.13. The number of rotatable bonds is 0. The third-order valence-electron chi connectivity index (χ3n) is 4.36. The van der Waals surface area contributed by atoms with Crippen molar-refractivity contribution < 1.29 is 19.7 Å². The molecule has 4 heteroatoms. The lowest BCUT2D eigenvalue weighted by Gasteiger charge is -2.24. The maximum Gasteiger partial charge on any atom is 0.309 e. The van der Waals surface area contributed by atoms with Crippen molar-refractivity contribution >= 4 is 5.97 Å². The molecule has 0 aromatic rings. The average molecular weight is 266 g/mol. The van der Waals surface area contributed by atoms with Gasteiger partial charge in [-0.15, -0.1) is 0 Å². The van der Waals surface area contributed by atoms with Gasteiger partial charge in [-0.2, -0.15) is 0 Å². The van der Waals surface area contributed by atoms with E-state index in [1.165, 1.54) is 0 Å². The summed E-state index contributed by atoms with van der Waals surface area (Å²) in [5, 5.41) is 20.0. The first-order valence-electron chi connectivity index (χ1n) is 6.82. The minimum absolute atomic E-state index is 0.0942. The Morgan fingerprint density at radius 3 is 2.74 bits per heavy atom. The lowest BCUT2D eigenvalue weighted by Crippen LogP contribution is -2.26. The van der Waals surface area contributed by atoms with E-state index < -0.39 is 12.2 Å². The van der Waals surface area contributed by atoms with Crippen molar-refractivity contribution in [2.45, 2.75) is 51.4 Å². The highest BCUT2D eigenvalue weighted by molar-refractivity contribution is 5.75. The highest BCUT2D eigenvalue weighted by Crippen LogP contribution is 2.35. The smallest absolute Gasteiger partial charge is 0.309 e.